The molecular formula is C24H24N4O6S. The lowest BCUT2D eigenvalue weighted by atomic mass is 9.89. The SMILES string of the molecule is COc1cccc(OCC(O)CNC(=O)C2CC(=O)c3sc(NC(=O)c4ccncc4)nc3C2)c1. The van der Waals surface area contributed by atoms with Crippen LogP contribution in [0, 0.1) is 5.92 Å². The number of Topliss-reactive ketones (excluding diaryl/α,β-unsaturated/α-hetero) is 1. The minimum atomic E-state index is -0.936. The highest BCUT2D eigenvalue weighted by Gasteiger charge is 2.33. The number of benzene rings is 1. The topological polar surface area (TPSA) is 140 Å². The van der Waals surface area contributed by atoms with Gasteiger partial charge in [0.05, 0.1) is 23.6 Å². The number of amides is 2. The molecular weight excluding hydrogens is 472 g/mol. The van der Waals surface area contributed by atoms with Crippen LogP contribution in [0.4, 0.5) is 5.13 Å². The number of aromatic nitrogens is 2. The molecule has 0 spiro atoms. The molecule has 10 nitrogen and oxygen atoms in total. The molecule has 2 aromatic heterocycles. The zero-order chi connectivity index (χ0) is 24.8. The molecule has 0 fully saturated rings. The standard InChI is InChI=1S/C24H24N4O6S/c1-33-17-3-2-4-18(11-17)34-13-16(29)12-26-22(31)15-9-19-21(20(30)10-15)35-24(27-19)28-23(32)14-5-7-25-8-6-14/h2-8,11,15-16,29H,9-10,12-13H2,1H3,(H,26,31)(H,27,28,32). The van der Waals surface area contributed by atoms with Gasteiger partial charge in [0.2, 0.25) is 5.91 Å². The van der Waals surface area contributed by atoms with Gasteiger partial charge in [0.1, 0.15) is 24.2 Å². The number of nitrogens with one attached hydrogen (secondary N) is 2. The number of hydrogen-bond donors (Lipinski definition) is 3. The van der Waals surface area contributed by atoms with Gasteiger partial charge in [0, 0.05) is 43.4 Å². The number of carbonyl (C=O) groups is 3. The quantitative estimate of drug-likeness (QED) is 0.409. The summed E-state index contributed by atoms with van der Waals surface area (Å²) >= 11 is 1.10. The van der Waals surface area contributed by atoms with Crippen LogP contribution in [-0.4, -0.2) is 59.0 Å². The van der Waals surface area contributed by atoms with E-state index in [1.54, 1.807) is 43.5 Å². The van der Waals surface area contributed by atoms with Gasteiger partial charge in [0.15, 0.2) is 10.9 Å². The van der Waals surface area contributed by atoms with E-state index in [9.17, 15) is 19.5 Å². The first-order chi connectivity index (χ1) is 16.9. The van der Waals surface area contributed by atoms with Crippen molar-refractivity contribution in [1.82, 2.24) is 15.3 Å². The molecule has 0 saturated heterocycles. The molecule has 2 atom stereocenters. The van der Waals surface area contributed by atoms with E-state index < -0.39 is 12.0 Å². The number of thiazole rings is 1. The fraction of sp³-hybridized carbons (Fsp3) is 0.292. The molecule has 0 radical (unpaired) electrons. The Bertz CT molecular complexity index is 1220. The highest BCUT2D eigenvalue weighted by atomic mass is 32.1. The molecule has 1 aliphatic rings. The summed E-state index contributed by atoms with van der Waals surface area (Å²) in [7, 11) is 1.55. The molecule has 4 rings (SSSR count). The number of methoxy groups -OCH3 is 1. The van der Waals surface area contributed by atoms with Crippen molar-refractivity contribution in [1.29, 1.82) is 0 Å². The van der Waals surface area contributed by atoms with Gasteiger partial charge < -0.3 is 19.9 Å². The van der Waals surface area contributed by atoms with E-state index in [0.717, 1.165) is 11.3 Å². The number of rotatable bonds is 9. The lowest BCUT2D eigenvalue weighted by Gasteiger charge is -2.20. The highest BCUT2D eigenvalue weighted by Crippen LogP contribution is 2.32. The van der Waals surface area contributed by atoms with E-state index >= 15 is 0 Å². The van der Waals surface area contributed by atoms with E-state index in [-0.39, 0.29) is 43.6 Å². The molecule has 1 aliphatic carbocycles. The van der Waals surface area contributed by atoms with Gasteiger partial charge in [0.25, 0.3) is 5.91 Å². The number of anilines is 1. The average molecular weight is 497 g/mol. The molecule has 3 aromatic rings. The van der Waals surface area contributed by atoms with Crippen molar-refractivity contribution >= 4 is 34.1 Å². The molecule has 1 aromatic carbocycles. The van der Waals surface area contributed by atoms with Gasteiger partial charge in [-0.05, 0) is 24.3 Å². The maximum atomic E-state index is 12.7. The molecule has 2 amide bonds. The Balaban J connectivity index is 1.28. The van der Waals surface area contributed by atoms with Crippen LogP contribution in [0.5, 0.6) is 11.5 Å². The van der Waals surface area contributed by atoms with Crippen LogP contribution < -0.4 is 20.1 Å². The number of hydrogen-bond acceptors (Lipinski definition) is 9. The summed E-state index contributed by atoms with van der Waals surface area (Å²) in [5, 5.41) is 15.8. The lowest BCUT2D eigenvalue weighted by Crippen LogP contribution is -2.40. The van der Waals surface area contributed by atoms with Crippen LogP contribution in [0.25, 0.3) is 0 Å². The van der Waals surface area contributed by atoms with Gasteiger partial charge in [-0.15, -0.1) is 0 Å². The maximum absolute atomic E-state index is 12.7. The van der Waals surface area contributed by atoms with E-state index in [1.807, 2.05) is 0 Å². The van der Waals surface area contributed by atoms with Gasteiger partial charge in [-0.2, -0.15) is 0 Å². The van der Waals surface area contributed by atoms with Gasteiger partial charge in [-0.25, -0.2) is 4.98 Å². The van der Waals surface area contributed by atoms with Crippen LogP contribution in [0.1, 0.15) is 32.1 Å². The summed E-state index contributed by atoms with van der Waals surface area (Å²) in [5.74, 6) is -0.336. The highest BCUT2D eigenvalue weighted by molar-refractivity contribution is 7.17. The molecule has 3 N–H and O–H groups in total. The monoisotopic (exact) mass is 496 g/mol. The first kappa shape index (κ1) is 24.3. The van der Waals surface area contributed by atoms with E-state index in [2.05, 4.69) is 20.6 Å². The molecule has 0 saturated carbocycles. The summed E-state index contributed by atoms with van der Waals surface area (Å²) in [5.41, 5.74) is 0.907. The first-order valence-electron chi connectivity index (χ1n) is 10.9. The third-order valence-corrected chi connectivity index (χ3v) is 6.41. The van der Waals surface area contributed by atoms with Crippen molar-refractivity contribution in [2.24, 2.45) is 5.92 Å². The summed E-state index contributed by atoms with van der Waals surface area (Å²) in [6.07, 6.45) is 2.39. The number of carbonyl (C=O) groups excluding carboxylic acids is 3. The molecule has 2 unspecified atom stereocenters. The predicted octanol–water partition coefficient (Wildman–Crippen LogP) is 2.10. The number of aliphatic hydroxyl groups is 1. The molecule has 11 heteroatoms. The van der Waals surface area contributed by atoms with Gasteiger partial charge in [-0.3, -0.25) is 24.7 Å². The smallest absolute Gasteiger partial charge is 0.257 e. The summed E-state index contributed by atoms with van der Waals surface area (Å²) in [4.78, 5) is 46.3. The molecule has 0 aliphatic heterocycles. The van der Waals surface area contributed by atoms with Crippen molar-refractivity contribution in [2.45, 2.75) is 18.9 Å². The Morgan fingerprint density at radius 2 is 1.97 bits per heavy atom. The lowest BCUT2D eigenvalue weighted by molar-refractivity contribution is -0.125. The molecule has 35 heavy (non-hydrogen) atoms. The van der Waals surface area contributed by atoms with Crippen LogP contribution in [0.3, 0.4) is 0 Å². The largest absolute Gasteiger partial charge is 0.497 e. The summed E-state index contributed by atoms with van der Waals surface area (Å²) in [6, 6.07) is 10.1. The second-order valence-electron chi connectivity index (χ2n) is 7.90. The Morgan fingerprint density at radius 1 is 1.20 bits per heavy atom. The van der Waals surface area contributed by atoms with Crippen molar-refractivity contribution in [2.75, 3.05) is 25.6 Å². The first-order valence-corrected chi connectivity index (χ1v) is 11.7. The Labute approximate surface area is 205 Å². The number of pyridine rings is 1. The number of fused-ring (bicyclic) bond motifs is 1. The summed E-state index contributed by atoms with van der Waals surface area (Å²) in [6.45, 7) is -0.0432. The van der Waals surface area contributed by atoms with Crippen LogP contribution in [0.2, 0.25) is 0 Å². The van der Waals surface area contributed by atoms with Crippen molar-refractivity contribution < 1.29 is 29.0 Å². The number of nitrogens with zero attached hydrogens (tertiary/aromatic N) is 2. The third kappa shape index (κ3) is 6.19. The fourth-order valence-electron chi connectivity index (χ4n) is 3.55. The zero-order valence-corrected chi connectivity index (χ0v) is 19.7. The van der Waals surface area contributed by atoms with Crippen LogP contribution >= 0.6 is 11.3 Å². The predicted molar refractivity (Wildman–Crippen MR) is 128 cm³/mol. The maximum Gasteiger partial charge on any atom is 0.257 e. The normalized spacial score (nSPS) is 15.6. The minimum absolute atomic E-state index is 0.0200. The number of aliphatic hydroxyl groups excluding tert-OH is 1. The van der Waals surface area contributed by atoms with Crippen molar-refractivity contribution in [3.05, 3.63) is 64.9 Å². The number of ether oxygens (including phenoxy) is 2. The van der Waals surface area contributed by atoms with E-state index in [4.69, 9.17) is 9.47 Å². The Hall–Kier alpha value is -3.83. The molecule has 182 valence electrons. The summed E-state index contributed by atoms with van der Waals surface area (Å²) < 4.78 is 10.7. The average Bonchev–Trinajstić information content (AvgIpc) is 3.29. The molecule has 0 bridgehead atoms. The Kier molecular flexibility index (Phi) is 7.68. The third-order valence-electron chi connectivity index (χ3n) is 5.35. The number of ketones is 1. The second-order valence-corrected chi connectivity index (χ2v) is 8.90. The van der Waals surface area contributed by atoms with Crippen molar-refractivity contribution in [3.8, 4) is 11.5 Å². The minimum Gasteiger partial charge on any atom is -0.497 e. The van der Waals surface area contributed by atoms with Crippen molar-refractivity contribution in [3.63, 3.8) is 0 Å². The van der Waals surface area contributed by atoms with Crippen LogP contribution in [0.15, 0.2) is 48.8 Å². The van der Waals surface area contributed by atoms with E-state index in [0.29, 0.717) is 32.8 Å². The second kappa shape index (κ2) is 11.1. The van der Waals surface area contributed by atoms with Gasteiger partial charge >= 0.3 is 0 Å². The van der Waals surface area contributed by atoms with E-state index in [1.165, 1.54) is 12.4 Å². The van der Waals surface area contributed by atoms with Gasteiger partial charge in [-0.1, -0.05) is 17.4 Å². The molecule has 2 heterocycles. The fourth-order valence-corrected chi connectivity index (χ4v) is 4.48. The van der Waals surface area contributed by atoms with Crippen LogP contribution in [-0.2, 0) is 11.2 Å². The zero-order valence-electron chi connectivity index (χ0n) is 18.9. The Morgan fingerprint density at radius 3 is 2.74 bits per heavy atom.